The molecule has 35 valence electrons. The van der Waals surface area contributed by atoms with Crippen molar-refractivity contribution in [2.45, 2.75) is 0 Å². The molecule has 1 rings (SSSR count). The van der Waals surface area contributed by atoms with Crippen LogP contribution in [0.3, 0.4) is 0 Å². The summed E-state index contributed by atoms with van der Waals surface area (Å²) in [7, 11) is 0. The maximum Gasteiger partial charge on any atom is 0.120 e. The van der Waals surface area contributed by atoms with Crippen molar-refractivity contribution in [1.29, 1.82) is 0 Å². The molecule has 0 aliphatic carbocycles. The number of hydrogen-bond acceptors (Lipinski definition) is 1. The molecular weight excluding hydrogens is 88.1 g/mol. The Balaban J connectivity index is 2.96. The molecule has 0 aliphatic rings. The molecule has 0 unspecified atom stereocenters. The molecule has 1 aromatic heterocycles. The number of rotatable bonds is 1. The minimum atomic E-state index is 0.903. The molecule has 0 bridgehead atoms. The van der Waals surface area contributed by atoms with Crippen LogP contribution in [0.25, 0.3) is 6.08 Å². The smallest absolute Gasteiger partial charge is 0.120 e. The largest absolute Gasteiger partial charge is 0.284 e. The molecular formula is C5H5N2. The zero-order chi connectivity index (χ0) is 5.11. The Morgan fingerprint density at radius 3 is 3.14 bits per heavy atom. The van der Waals surface area contributed by atoms with Crippen molar-refractivity contribution in [3.05, 3.63) is 24.5 Å². The van der Waals surface area contributed by atoms with Crippen LogP contribution in [0.5, 0.6) is 0 Å². The molecule has 0 amide bonds. The second-order valence-corrected chi connectivity index (χ2v) is 1.16. The summed E-state index contributed by atoms with van der Waals surface area (Å²) in [5.41, 5.74) is 0.903. The molecule has 1 heterocycles. The van der Waals surface area contributed by atoms with Crippen LogP contribution in [0, 0.1) is 6.20 Å². The number of aromatic amines is 1. The average molecular weight is 93.1 g/mol. The Bertz CT molecular complexity index is 141. The lowest BCUT2D eigenvalue weighted by Crippen LogP contribution is -1.55. The first-order valence-corrected chi connectivity index (χ1v) is 1.97. The molecule has 0 atom stereocenters. The van der Waals surface area contributed by atoms with Gasteiger partial charge in [-0.1, -0.05) is 12.7 Å². The van der Waals surface area contributed by atoms with Gasteiger partial charge >= 0.3 is 0 Å². The second-order valence-electron chi connectivity index (χ2n) is 1.16. The predicted octanol–water partition coefficient (Wildman–Crippen LogP) is 0.853. The first-order chi connectivity index (χ1) is 3.43. The maximum absolute atomic E-state index is 3.57. The fourth-order valence-electron chi connectivity index (χ4n) is 0.335. The Labute approximate surface area is 41.9 Å². The first kappa shape index (κ1) is 4.12. The lowest BCUT2D eigenvalue weighted by atomic mass is 10.4. The molecule has 2 nitrogen and oxygen atoms in total. The zero-order valence-electron chi connectivity index (χ0n) is 3.81. The van der Waals surface area contributed by atoms with Gasteiger partial charge in [0.1, 0.15) is 6.20 Å². The Morgan fingerprint density at radius 2 is 2.86 bits per heavy atom. The van der Waals surface area contributed by atoms with Crippen LogP contribution in [0.15, 0.2) is 12.8 Å². The molecule has 0 fully saturated rings. The summed E-state index contributed by atoms with van der Waals surface area (Å²) in [5, 5.41) is 6.18. The molecule has 0 saturated carbocycles. The van der Waals surface area contributed by atoms with Crippen LogP contribution in [0.1, 0.15) is 5.56 Å². The third kappa shape index (κ3) is 0.682. The summed E-state index contributed by atoms with van der Waals surface area (Å²) in [6.45, 7) is 3.51. The van der Waals surface area contributed by atoms with Gasteiger partial charge in [0.05, 0.1) is 0 Å². The maximum atomic E-state index is 3.57. The van der Waals surface area contributed by atoms with Crippen molar-refractivity contribution in [3.63, 3.8) is 0 Å². The van der Waals surface area contributed by atoms with Crippen LogP contribution in [-0.2, 0) is 0 Å². The Hall–Kier alpha value is -1.05. The van der Waals surface area contributed by atoms with Crippen LogP contribution in [0.2, 0.25) is 0 Å². The van der Waals surface area contributed by atoms with Gasteiger partial charge in [0, 0.05) is 11.8 Å². The molecule has 1 N–H and O–H groups in total. The van der Waals surface area contributed by atoms with Crippen molar-refractivity contribution in [1.82, 2.24) is 10.2 Å². The van der Waals surface area contributed by atoms with Crippen molar-refractivity contribution < 1.29 is 0 Å². The predicted molar refractivity (Wildman–Crippen MR) is 27.5 cm³/mol. The fraction of sp³-hybridized carbons (Fsp3) is 0. The van der Waals surface area contributed by atoms with E-state index in [9.17, 15) is 0 Å². The summed E-state index contributed by atoms with van der Waals surface area (Å²) >= 11 is 0. The lowest BCUT2D eigenvalue weighted by Gasteiger charge is -1.67. The van der Waals surface area contributed by atoms with Crippen molar-refractivity contribution in [2.24, 2.45) is 0 Å². The van der Waals surface area contributed by atoms with Gasteiger partial charge in [-0.05, 0) is 0 Å². The summed E-state index contributed by atoms with van der Waals surface area (Å²) in [4.78, 5) is 0. The quantitative estimate of drug-likeness (QED) is 0.548. The Morgan fingerprint density at radius 1 is 2.00 bits per heavy atom. The number of nitrogens with zero attached hydrogens (tertiary/aromatic N) is 1. The third-order valence-electron chi connectivity index (χ3n) is 0.690. The highest BCUT2D eigenvalue weighted by Crippen LogP contribution is 1.90. The molecule has 0 aromatic carbocycles. The molecule has 0 aliphatic heterocycles. The van der Waals surface area contributed by atoms with Gasteiger partial charge in [0.2, 0.25) is 0 Å². The SMILES string of the molecule is C=Cc1[c]n[nH]c1. The van der Waals surface area contributed by atoms with Crippen LogP contribution in [-0.4, -0.2) is 10.2 Å². The summed E-state index contributed by atoms with van der Waals surface area (Å²) in [6.07, 6.45) is 6.08. The molecule has 1 radical (unpaired) electrons. The molecule has 1 aromatic rings. The van der Waals surface area contributed by atoms with E-state index in [-0.39, 0.29) is 0 Å². The van der Waals surface area contributed by atoms with Crippen LogP contribution < -0.4 is 0 Å². The molecule has 0 saturated heterocycles. The minimum Gasteiger partial charge on any atom is -0.284 e. The Kier molecular flexibility index (Phi) is 0.941. The number of aromatic nitrogens is 2. The van der Waals surface area contributed by atoms with Crippen molar-refractivity contribution in [2.75, 3.05) is 0 Å². The van der Waals surface area contributed by atoms with Crippen molar-refractivity contribution >= 4 is 6.08 Å². The zero-order valence-corrected chi connectivity index (χ0v) is 3.81. The summed E-state index contributed by atoms with van der Waals surface area (Å²) < 4.78 is 0. The van der Waals surface area contributed by atoms with E-state index in [4.69, 9.17) is 0 Å². The van der Waals surface area contributed by atoms with Gasteiger partial charge < -0.3 is 0 Å². The number of hydrogen-bond donors (Lipinski definition) is 1. The monoisotopic (exact) mass is 93.0 g/mol. The summed E-state index contributed by atoms with van der Waals surface area (Å²) in [6, 6.07) is 0. The third-order valence-corrected chi connectivity index (χ3v) is 0.690. The average Bonchev–Trinajstić information content (AvgIpc) is 2.14. The van der Waals surface area contributed by atoms with E-state index in [0.29, 0.717) is 0 Å². The van der Waals surface area contributed by atoms with Crippen molar-refractivity contribution in [3.8, 4) is 0 Å². The normalized spacial score (nSPS) is 8.57. The van der Waals surface area contributed by atoms with Gasteiger partial charge in [-0.15, -0.1) is 0 Å². The van der Waals surface area contributed by atoms with Crippen LogP contribution in [0.4, 0.5) is 0 Å². The molecule has 0 spiro atoms. The highest BCUT2D eigenvalue weighted by atomic mass is 15.1. The van der Waals surface area contributed by atoms with E-state index >= 15 is 0 Å². The number of H-pyrrole nitrogens is 1. The van der Waals surface area contributed by atoms with Gasteiger partial charge in [0.25, 0.3) is 0 Å². The minimum absolute atomic E-state index is 0.903. The van der Waals surface area contributed by atoms with Gasteiger partial charge in [-0.25, -0.2) is 0 Å². The van der Waals surface area contributed by atoms with E-state index in [2.05, 4.69) is 23.0 Å². The topological polar surface area (TPSA) is 28.7 Å². The van der Waals surface area contributed by atoms with E-state index in [0.717, 1.165) is 5.56 Å². The highest BCUT2D eigenvalue weighted by molar-refractivity contribution is 5.42. The lowest BCUT2D eigenvalue weighted by molar-refractivity contribution is 1.08. The van der Waals surface area contributed by atoms with E-state index < -0.39 is 0 Å². The van der Waals surface area contributed by atoms with Gasteiger partial charge in [-0.2, -0.15) is 5.10 Å². The van der Waals surface area contributed by atoms with E-state index in [1.54, 1.807) is 12.3 Å². The van der Waals surface area contributed by atoms with Gasteiger partial charge in [0.15, 0.2) is 0 Å². The fourth-order valence-corrected chi connectivity index (χ4v) is 0.335. The first-order valence-electron chi connectivity index (χ1n) is 1.97. The van der Waals surface area contributed by atoms with Gasteiger partial charge in [-0.3, -0.25) is 5.10 Å². The standard InChI is InChI=1S/C5H5N2/c1-2-5-3-6-7-4-5/h2-3H,1H2,(H,6,7). The van der Waals surface area contributed by atoms with Crippen LogP contribution >= 0.6 is 0 Å². The second kappa shape index (κ2) is 1.60. The van der Waals surface area contributed by atoms with E-state index in [1.807, 2.05) is 0 Å². The van der Waals surface area contributed by atoms with E-state index in [1.165, 1.54) is 0 Å². The molecule has 2 heteroatoms. The number of nitrogens with one attached hydrogen (secondary N) is 1. The summed E-state index contributed by atoms with van der Waals surface area (Å²) in [5.74, 6) is 0. The molecule has 7 heavy (non-hydrogen) atoms. The highest BCUT2D eigenvalue weighted by Gasteiger charge is 1.80.